The van der Waals surface area contributed by atoms with E-state index in [-0.39, 0.29) is 5.17 Å². The third kappa shape index (κ3) is 5.03. The Labute approximate surface area is 105 Å². The van der Waals surface area contributed by atoms with Crippen LogP contribution in [-0.4, -0.2) is 19.8 Å². The lowest BCUT2D eigenvalue weighted by molar-refractivity contribution is 0.606. The molecule has 0 spiro atoms. The van der Waals surface area contributed by atoms with Crippen molar-refractivity contribution in [1.29, 1.82) is 0 Å². The van der Waals surface area contributed by atoms with Crippen molar-refractivity contribution in [2.45, 2.75) is 0 Å². The van der Waals surface area contributed by atoms with Gasteiger partial charge in [0.05, 0.1) is 5.41 Å². The van der Waals surface area contributed by atoms with Gasteiger partial charge in [0.1, 0.15) is 0 Å². The summed E-state index contributed by atoms with van der Waals surface area (Å²) >= 11 is 1.12. The van der Waals surface area contributed by atoms with E-state index in [1.165, 1.54) is 6.08 Å². The predicted octanol–water partition coefficient (Wildman–Crippen LogP) is 1.17. The Morgan fingerprint density at radius 1 is 1.41 bits per heavy atom. The molecule has 0 unspecified atom stereocenters. The van der Waals surface area contributed by atoms with Gasteiger partial charge in [-0.2, -0.15) is 8.42 Å². The van der Waals surface area contributed by atoms with Gasteiger partial charge >= 0.3 is 0 Å². The van der Waals surface area contributed by atoms with Gasteiger partial charge in [0.25, 0.3) is 10.0 Å². The monoisotopic (exact) mass is 271 g/mol. The quantitative estimate of drug-likeness (QED) is 0.373. The molecule has 7 heteroatoms. The molecular formula is C10H13N3O2S2. The van der Waals surface area contributed by atoms with Crippen molar-refractivity contribution in [3.05, 3.63) is 41.3 Å². The Hall–Kier alpha value is -1.31. The Kier molecular flexibility index (Phi) is 5.20. The molecule has 1 aromatic carbocycles. The van der Waals surface area contributed by atoms with Gasteiger partial charge in [-0.3, -0.25) is 0 Å². The van der Waals surface area contributed by atoms with Crippen LogP contribution in [0.2, 0.25) is 0 Å². The van der Waals surface area contributed by atoms with Gasteiger partial charge in [-0.05, 0) is 17.9 Å². The summed E-state index contributed by atoms with van der Waals surface area (Å²) in [4.78, 5) is 0. The lowest BCUT2D eigenvalue weighted by Crippen LogP contribution is -2.28. The minimum Gasteiger partial charge on any atom is -0.302 e. The molecule has 5 nitrogen and oxygen atoms in total. The average molecular weight is 271 g/mol. The molecule has 0 bridgehead atoms. The molecule has 1 aromatic rings. The average Bonchev–Trinajstić information content (AvgIpc) is 2.35. The zero-order chi connectivity index (χ0) is 12.7. The van der Waals surface area contributed by atoms with Crippen LogP contribution in [0.1, 0.15) is 5.56 Å². The lowest BCUT2D eigenvalue weighted by atomic mass is 10.2. The number of amidine groups is 1. The number of hydrogen-bond donors (Lipinski definition) is 2. The van der Waals surface area contributed by atoms with Crippen LogP contribution < -0.4 is 11.3 Å². The molecule has 0 atom stereocenters. The summed E-state index contributed by atoms with van der Waals surface area (Å²) in [6.07, 6.45) is 3.16. The summed E-state index contributed by atoms with van der Waals surface area (Å²) in [5, 5.41) is 1.18. The van der Waals surface area contributed by atoms with E-state index in [9.17, 15) is 8.42 Å². The van der Waals surface area contributed by atoms with Crippen molar-refractivity contribution in [2.24, 2.45) is 10.2 Å². The fourth-order valence-corrected chi connectivity index (χ4v) is 2.40. The number of sulfonamides is 1. The Balaban J connectivity index is 2.87. The maximum absolute atomic E-state index is 11.5. The summed E-state index contributed by atoms with van der Waals surface area (Å²) in [6, 6.07) is 9.10. The number of thioether (sulfide) groups is 1. The van der Waals surface area contributed by atoms with Crippen LogP contribution in [0.15, 0.2) is 40.1 Å². The Morgan fingerprint density at radius 2 is 2.06 bits per heavy atom. The molecule has 0 amide bonds. The van der Waals surface area contributed by atoms with Crippen LogP contribution in [0.25, 0.3) is 6.08 Å². The van der Waals surface area contributed by atoms with Gasteiger partial charge in [-0.1, -0.05) is 42.1 Å². The second-order valence-electron chi connectivity index (χ2n) is 2.97. The fourth-order valence-electron chi connectivity index (χ4n) is 0.997. The number of hydrogen-bond acceptors (Lipinski definition) is 4. The normalized spacial score (nSPS) is 12.9. The maximum Gasteiger partial charge on any atom is 0.277 e. The summed E-state index contributed by atoms with van der Waals surface area (Å²) in [7, 11) is -3.66. The fraction of sp³-hybridized carbons (Fsp3) is 0.100. The number of hydrazine groups is 1. The molecule has 0 aliphatic carbocycles. The van der Waals surface area contributed by atoms with E-state index in [0.717, 1.165) is 22.7 Å². The number of nitrogens with zero attached hydrogens (tertiary/aromatic N) is 1. The van der Waals surface area contributed by atoms with Crippen molar-refractivity contribution < 1.29 is 8.42 Å². The first kappa shape index (κ1) is 13.8. The lowest BCUT2D eigenvalue weighted by Gasteiger charge is -1.99. The molecule has 0 heterocycles. The van der Waals surface area contributed by atoms with Crippen LogP contribution in [0.4, 0.5) is 0 Å². The highest BCUT2D eigenvalue weighted by Gasteiger charge is 2.04. The maximum atomic E-state index is 11.5. The molecule has 0 aliphatic rings. The molecule has 0 aromatic heterocycles. The highest BCUT2D eigenvalue weighted by molar-refractivity contribution is 8.14. The standard InChI is InChI=1S/C10H13N3O2S2/c1-16-10(12-11)13-17(14,15)8-7-9-5-3-2-4-6-9/h2-8H,11H2,1H3,(H,12,13)/b8-7+. The van der Waals surface area contributed by atoms with Crippen molar-refractivity contribution in [1.82, 2.24) is 5.43 Å². The number of benzene rings is 1. The van der Waals surface area contributed by atoms with Gasteiger partial charge < -0.3 is 5.43 Å². The van der Waals surface area contributed by atoms with Gasteiger partial charge in [-0.25, -0.2) is 5.84 Å². The van der Waals surface area contributed by atoms with Crippen molar-refractivity contribution in [3.8, 4) is 0 Å². The van der Waals surface area contributed by atoms with E-state index in [4.69, 9.17) is 5.84 Å². The van der Waals surface area contributed by atoms with E-state index in [1.54, 1.807) is 18.4 Å². The van der Waals surface area contributed by atoms with Crippen LogP contribution in [0.3, 0.4) is 0 Å². The molecule has 0 fully saturated rings. The molecule has 92 valence electrons. The largest absolute Gasteiger partial charge is 0.302 e. The van der Waals surface area contributed by atoms with Crippen LogP contribution >= 0.6 is 11.8 Å². The molecule has 0 saturated heterocycles. The van der Waals surface area contributed by atoms with Crippen LogP contribution in [0, 0.1) is 0 Å². The molecule has 0 radical (unpaired) electrons. The third-order valence-electron chi connectivity index (χ3n) is 1.76. The van der Waals surface area contributed by atoms with Crippen molar-refractivity contribution in [2.75, 3.05) is 6.26 Å². The molecule has 1 rings (SSSR count). The third-order valence-corrected chi connectivity index (χ3v) is 3.39. The highest BCUT2D eigenvalue weighted by Crippen LogP contribution is 2.06. The number of nitrogens with two attached hydrogens (primary N) is 1. The Morgan fingerprint density at radius 3 is 2.59 bits per heavy atom. The minimum atomic E-state index is -3.66. The van der Waals surface area contributed by atoms with E-state index < -0.39 is 10.0 Å². The van der Waals surface area contributed by atoms with Gasteiger partial charge in [-0.15, -0.1) is 4.40 Å². The SMILES string of the molecule is CS/C(=N/S(=O)(=O)/C=C/c1ccccc1)NN. The van der Waals surface area contributed by atoms with Gasteiger partial charge in [0.15, 0.2) is 5.17 Å². The first-order chi connectivity index (χ1) is 8.07. The molecule has 0 aliphatic heterocycles. The van der Waals surface area contributed by atoms with Crippen LogP contribution in [-0.2, 0) is 10.0 Å². The first-order valence-corrected chi connectivity index (χ1v) is 7.39. The van der Waals surface area contributed by atoms with E-state index in [2.05, 4.69) is 9.82 Å². The predicted molar refractivity (Wildman–Crippen MR) is 72.7 cm³/mol. The number of nitrogens with one attached hydrogen (secondary N) is 1. The zero-order valence-corrected chi connectivity index (χ0v) is 10.8. The summed E-state index contributed by atoms with van der Waals surface area (Å²) in [5.41, 5.74) is 3.00. The highest BCUT2D eigenvalue weighted by atomic mass is 32.2. The van der Waals surface area contributed by atoms with Crippen molar-refractivity contribution >= 4 is 33.0 Å². The minimum absolute atomic E-state index is 0.141. The summed E-state index contributed by atoms with van der Waals surface area (Å²) in [6.45, 7) is 0. The van der Waals surface area contributed by atoms with E-state index in [1.807, 2.05) is 18.2 Å². The summed E-state index contributed by atoms with van der Waals surface area (Å²) < 4.78 is 26.6. The number of rotatable bonds is 3. The topological polar surface area (TPSA) is 84.5 Å². The second-order valence-corrected chi connectivity index (χ2v) is 5.25. The molecule has 0 saturated carbocycles. The summed E-state index contributed by atoms with van der Waals surface area (Å²) in [5.74, 6) is 5.11. The molecule has 3 N–H and O–H groups in total. The Bertz CT molecular complexity index is 504. The smallest absolute Gasteiger partial charge is 0.277 e. The first-order valence-electron chi connectivity index (χ1n) is 4.66. The molecule has 17 heavy (non-hydrogen) atoms. The van der Waals surface area contributed by atoms with Crippen molar-refractivity contribution in [3.63, 3.8) is 0 Å². The zero-order valence-electron chi connectivity index (χ0n) is 9.20. The van der Waals surface area contributed by atoms with E-state index >= 15 is 0 Å². The molecular weight excluding hydrogens is 258 g/mol. The van der Waals surface area contributed by atoms with Crippen LogP contribution in [0.5, 0.6) is 0 Å². The van der Waals surface area contributed by atoms with Gasteiger partial charge in [0.2, 0.25) is 0 Å². The van der Waals surface area contributed by atoms with E-state index in [0.29, 0.717) is 0 Å². The van der Waals surface area contributed by atoms with Gasteiger partial charge in [0, 0.05) is 0 Å². The second kappa shape index (κ2) is 6.43.